The van der Waals surface area contributed by atoms with E-state index < -0.39 is 6.10 Å². The second kappa shape index (κ2) is 7.62. The summed E-state index contributed by atoms with van der Waals surface area (Å²) < 4.78 is 0. The summed E-state index contributed by atoms with van der Waals surface area (Å²) in [6.45, 7) is 6.78. The van der Waals surface area contributed by atoms with Crippen LogP contribution in [0.4, 0.5) is 0 Å². The van der Waals surface area contributed by atoms with Crippen molar-refractivity contribution in [1.29, 1.82) is 0 Å². The SMILES string of the molecule is CC(C)(C)NC(=O)CCNCC(O)c1ccc(Cl)cc1. The number of carbonyl (C=O) groups is 1. The van der Waals surface area contributed by atoms with E-state index in [0.29, 0.717) is 24.5 Å². The molecule has 0 spiro atoms. The lowest BCUT2D eigenvalue weighted by atomic mass is 10.1. The molecule has 0 radical (unpaired) electrons. The molecule has 4 nitrogen and oxygen atoms in total. The van der Waals surface area contributed by atoms with Crippen LogP contribution >= 0.6 is 11.6 Å². The number of hydrogen-bond acceptors (Lipinski definition) is 3. The van der Waals surface area contributed by atoms with Crippen LogP contribution in [0.2, 0.25) is 5.02 Å². The Morgan fingerprint density at radius 1 is 1.30 bits per heavy atom. The summed E-state index contributed by atoms with van der Waals surface area (Å²) in [5.41, 5.74) is 0.598. The molecule has 0 aliphatic rings. The van der Waals surface area contributed by atoms with Gasteiger partial charge in [0.2, 0.25) is 5.91 Å². The summed E-state index contributed by atoms with van der Waals surface area (Å²) in [7, 11) is 0. The van der Waals surface area contributed by atoms with E-state index in [4.69, 9.17) is 11.6 Å². The molecule has 20 heavy (non-hydrogen) atoms. The summed E-state index contributed by atoms with van der Waals surface area (Å²) in [5.74, 6) is 0.00554. The van der Waals surface area contributed by atoms with E-state index in [2.05, 4.69) is 10.6 Å². The van der Waals surface area contributed by atoms with E-state index in [1.165, 1.54) is 0 Å². The molecule has 0 heterocycles. The van der Waals surface area contributed by atoms with Gasteiger partial charge in [-0.2, -0.15) is 0 Å². The second-order valence-electron chi connectivity index (χ2n) is 5.82. The summed E-state index contributed by atoms with van der Waals surface area (Å²) in [6.07, 6.45) is -0.206. The summed E-state index contributed by atoms with van der Waals surface area (Å²) in [4.78, 5) is 11.6. The fourth-order valence-electron chi connectivity index (χ4n) is 1.72. The van der Waals surface area contributed by atoms with Crippen molar-refractivity contribution in [1.82, 2.24) is 10.6 Å². The number of halogens is 1. The molecule has 1 atom stereocenters. The Morgan fingerprint density at radius 2 is 1.90 bits per heavy atom. The van der Waals surface area contributed by atoms with Crippen molar-refractivity contribution in [2.45, 2.75) is 38.8 Å². The van der Waals surface area contributed by atoms with Crippen molar-refractivity contribution in [2.75, 3.05) is 13.1 Å². The van der Waals surface area contributed by atoms with Crippen LogP contribution in [0.25, 0.3) is 0 Å². The third kappa shape index (κ3) is 6.89. The van der Waals surface area contributed by atoms with Crippen LogP contribution in [-0.4, -0.2) is 29.6 Å². The van der Waals surface area contributed by atoms with Gasteiger partial charge in [-0.1, -0.05) is 23.7 Å². The lowest BCUT2D eigenvalue weighted by Crippen LogP contribution is -2.41. The minimum absolute atomic E-state index is 0.00554. The van der Waals surface area contributed by atoms with Crippen LogP contribution in [0.3, 0.4) is 0 Å². The summed E-state index contributed by atoms with van der Waals surface area (Å²) in [5, 5.41) is 16.6. The smallest absolute Gasteiger partial charge is 0.221 e. The molecule has 0 saturated carbocycles. The van der Waals surface area contributed by atoms with Crippen LogP contribution in [0.15, 0.2) is 24.3 Å². The average Bonchev–Trinajstić information content (AvgIpc) is 2.33. The van der Waals surface area contributed by atoms with Gasteiger partial charge in [-0.15, -0.1) is 0 Å². The summed E-state index contributed by atoms with van der Waals surface area (Å²) >= 11 is 5.79. The van der Waals surface area contributed by atoms with Gasteiger partial charge in [0.1, 0.15) is 0 Å². The molecule has 1 aromatic rings. The van der Waals surface area contributed by atoms with Crippen LogP contribution < -0.4 is 10.6 Å². The predicted molar refractivity (Wildman–Crippen MR) is 81.8 cm³/mol. The standard InChI is InChI=1S/C15H23ClN2O2/c1-15(2,3)18-14(20)8-9-17-10-13(19)11-4-6-12(16)7-5-11/h4-7,13,17,19H,8-10H2,1-3H3,(H,18,20). The molecule has 1 aromatic carbocycles. The van der Waals surface area contributed by atoms with Gasteiger partial charge in [-0.25, -0.2) is 0 Å². The van der Waals surface area contributed by atoms with E-state index >= 15 is 0 Å². The zero-order valence-corrected chi connectivity index (χ0v) is 13.0. The first-order valence-electron chi connectivity index (χ1n) is 6.73. The molecule has 0 fully saturated rings. The third-order valence-corrected chi connectivity index (χ3v) is 2.89. The zero-order chi connectivity index (χ0) is 15.2. The topological polar surface area (TPSA) is 61.4 Å². The number of carbonyl (C=O) groups excluding carboxylic acids is 1. The number of rotatable bonds is 6. The highest BCUT2D eigenvalue weighted by molar-refractivity contribution is 6.30. The Labute approximate surface area is 125 Å². The van der Waals surface area contributed by atoms with Crippen molar-refractivity contribution in [3.05, 3.63) is 34.9 Å². The van der Waals surface area contributed by atoms with E-state index in [1.54, 1.807) is 24.3 Å². The highest BCUT2D eigenvalue weighted by atomic mass is 35.5. The maximum Gasteiger partial charge on any atom is 0.221 e. The fourth-order valence-corrected chi connectivity index (χ4v) is 1.85. The van der Waals surface area contributed by atoms with E-state index in [-0.39, 0.29) is 11.4 Å². The van der Waals surface area contributed by atoms with E-state index in [9.17, 15) is 9.90 Å². The third-order valence-electron chi connectivity index (χ3n) is 2.64. The highest BCUT2D eigenvalue weighted by Gasteiger charge is 2.13. The van der Waals surface area contributed by atoms with Gasteiger partial charge < -0.3 is 15.7 Å². The molecular formula is C15H23ClN2O2. The molecule has 1 unspecified atom stereocenters. The lowest BCUT2D eigenvalue weighted by molar-refractivity contribution is -0.122. The maximum absolute atomic E-state index is 11.6. The lowest BCUT2D eigenvalue weighted by Gasteiger charge is -2.20. The largest absolute Gasteiger partial charge is 0.387 e. The molecule has 112 valence electrons. The van der Waals surface area contributed by atoms with Crippen LogP contribution in [0.5, 0.6) is 0 Å². The van der Waals surface area contributed by atoms with Gasteiger partial charge in [0.15, 0.2) is 0 Å². The Balaban J connectivity index is 2.24. The minimum atomic E-state index is -0.599. The van der Waals surface area contributed by atoms with Gasteiger partial charge in [0.25, 0.3) is 0 Å². The molecule has 1 rings (SSSR count). The molecule has 0 aromatic heterocycles. The predicted octanol–water partition coefficient (Wildman–Crippen LogP) is 2.27. The average molecular weight is 299 g/mol. The number of hydrogen-bond donors (Lipinski definition) is 3. The Morgan fingerprint density at radius 3 is 2.45 bits per heavy atom. The number of aliphatic hydroxyl groups excluding tert-OH is 1. The van der Waals surface area contributed by atoms with Crippen molar-refractivity contribution >= 4 is 17.5 Å². The van der Waals surface area contributed by atoms with Gasteiger partial charge >= 0.3 is 0 Å². The molecule has 3 N–H and O–H groups in total. The van der Waals surface area contributed by atoms with E-state index in [0.717, 1.165) is 5.56 Å². The maximum atomic E-state index is 11.6. The van der Waals surface area contributed by atoms with Crippen LogP contribution in [0, 0.1) is 0 Å². The van der Waals surface area contributed by atoms with Crippen molar-refractivity contribution in [3.8, 4) is 0 Å². The highest BCUT2D eigenvalue weighted by Crippen LogP contribution is 2.15. The van der Waals surface area contributed by atoms with Gasteiger partial charge in [-0.05, 0) is 38.5 Å². The van der Waals surface area contributed by atoms with Gasteiger partial charge in [0.05, 0.1) is 6.10 Å². The van der Waals surface area contributed by atoms with E-state index in [1.807, 2.05) is 20.8 Å². The van der Waals surface area contributed by atoms with Crippen molar-refractivity contribution < 1.29 is 9.90 Å². The zero-order valence-electron chi connectivity index (χ0n) is 12.2. The quantitative estimate of drug-likeness (QED) is 0.706. The Bertz CT molecular complexity index is 426. The molecule has 0 saturated heterocycles. The second-order valence-corrected chi connectivity index (χ2v) is 6.26. The molecule has 0 aliphatic carbocycles. The first kappa shape index (κ1) is 17.0. The Hall–Kier alpha value is -1.10. The van der Waals surface area contributed by atoms with Crippen LogP contribution in [-0.2, 0) is 4.79 Å². The molecular weight excluding hydrogens is 276 g/mol. The van der Waals surface area contributed by atoms with Crippen LogP contribution in [0.1, 0.15) is 38.9 Å². The summed E-state index contributed by atoms with van der Waals surface area (Å²) in [6, 6.07) is 7.08. The monoisotopic (exact) mass is 298 g/mol. The minimum Gasteiger partial charge on any atom is -0.387 e. The first-order chi connectivity index (χ1) is 9.28. The molecule has 5 heteroatoms. The van der Waals surface area contributed by atoms with Gasteiger partial charge in [0, 0.05) is 30.1 Å². The number of amides is 1. The van der Waals surface area contributed by atoms with Crippen molar-refractivity contribution in [3.63, 3.8) is 0 Å². The normalized spacial score (nSPS) is 13.1. The van der Waals surface area contributed by atoms with Gasteiger partial charge in [-0.3, -0.25) is 4.79 Å². The molecule has 0 aliphatic heterocycles. The Kier molecular flexibility index (Phi) is 6.46. The first-order valence-corrected chi connectivity index (χ1v) is 7.11. The molecule has 1 amide bonds. The molecule has 0 bridgehead atoms. The number of nitrogens with one attached hydrogen (secondary N) is 2. The fraction of sp³-hybridized carbons (Fsp3) is 0.533. The number of aliphatic hydroxyl groups is 1. The van der Waals surface area contributed by atoms with Crippen molar-refractivity contribution in [2.24, 2.45) is 0 Å². The number of benzene rings is 1.